The van der Waals surface area contributed by atoms with Gasteiger partial charge in [-0.15, -0.1) is 22.7 Å². The molecular weight excluding hydrogens is 645 g/mol. The van der Waals surface area contributed by atoms with Gasteiger partial charge in [-0.25, -0.2) is 9.97 Å². The summed E-state index contributed by atoms with van der Waals surface area (Å²) in [7, 11) is 0. The third kappa shape index (κ3) is 8.62. The van der Waals surface area contributed by atoms with Gasteiger partial charge in [0.05, 0.1) is 73.4 Å². The van der Waals surface area contributed by atoms with Crippen molar-refractivity contribution in [3.05, 3.63) is 105 Å². The van der Waals surface area contributed by atoms with Gasteiger partial charge in [-0.1, -0.05) is 31.2 Å². The molecule has 0 fully saturated rings. The van der Waals surface area contributed by atoms with Gasteiger partial charge in [0, 0.05) is 18.7 Å². The molecule has 12 nitrogen and oxygen atoms in total. The van der Waals surface area contributed by atoms with Crippen LogP contribution in [-0.2, 0) is 9.47 Å². The van der Waals surface area contributed by atoms with Gasteiger partial charge in [-0.05, 0) is 42.8 Å². The number of phenols is 1. The Morgan fingerprint density at radius 3 is 1.74 bits per heavy atom. The highest BCUT2D eigenvalue weighted by molar-refractivity contribution is 7.22. The lowest BCUT2D eigenvalue weighted by atomic mass is 10.2. The molecule has 4 aromatic carbocycles. The van der Waals surface area contributed by atoms with Crippen LogP contribution in [0.5, 0.6) is 11.5 Å². The number of hydrogen-bond donors (Lipinski definition) is 1. The van der Waals surface area contributed by atoms with E-state index < -0.39 is 9.85 Å². The third-order valence-electron chi connectivity index (χ3n) is 6.62. The van der Waals surface area contributed by atoms with Crippen LogP contribution in [0.2, 0.25) is 0 Å². The number of non-ortho nitro benzene ring substituents is 2. The van der Waals surface area contributed by atoms with Crippen LogP contribution in [0.3, 0.4) is 0 Å². The normalized spacial score (nSPS) is 10.9. The number of ether oxygens (including phenoxy) is 3. The van der Waals surface area contributed by atoms with Crippen LogP contribution in [0.4, 0.5) is 11.4 Å². The first-order chi connectivity index (χ1) is 22.8. The van der Waals surface area contributed by atoms with Gasteiger partial charge in [-0.2, -0.15) is 0 Å². The van der Waals surface area contributed by atoms with Crippen molar-refractivity contribution in [1.29, 1.82) is 0 Å². The number of nitro benzene ring substituents is 2. The Hall–Kier alpha value is -5.02. The molecule has 0 unspecified atom stereocenters. The molecule has 0 saturated heterocycles. The molecule has 1 N–H and O–H groups in total. The zero-order valence-corrected chi connectivity index (χ0v) is 26.9. The van der Waals surface area contributed by atoms with Crippen LogP contribution in [0.15, 0.2) is 84.9 Å². The summed E-state index contributed by atoms with van der Waals surface area (Å²) < 4.78 is 18.7. The molecule has 0 amide bonds. The lowest BCUT2D eigenvalue weighted by Crippen LogP contribution is -2.11. The van der Waals surface area contributed by atoms with E-state index in [1.54, 1.807) is 6.07 Å². The fraction of sp³-hybridized carbons (Fsp3) is 0.212. The van der Waals surface area contributed by atoms with Crippen LogP contribution in [0.1, 0.15) is 13.3 Å². The van der Waals surface area contributed by atoms with Gasteiger partial charge in [0.1, 0.15) is 28.1 Å². The van der Waals surface area contributed by atoms with Gasteiger partial charge in [-0.3, -0.25) is 20.2 Å². The van der Waals surface area contributed by atoms with Crippen molar-refractivity contribution < 1.29 is 29.2 Å². The molecule has 0 aliphatic heterocycles. The van der Waals surface area contributed by atoms with Crippen LogP contribution >= 0.6 is 22.7 Å². The Morgan fingerprint density at radius 2 is 1.19 bits per heavy atom. The number of thiazole rings is 2. The molecule has 6 aromatic rings. The molecule has 0 aliphatic rings. The number of fused-ring (bicyclic) bond motifs is 2. The minimum atomic E-state index is -0.540. The summed E-state index contributed by atoms with van der Waals surface area (Å²) >= 11 is 2.96. The summed E-state index contributed by atoms with van der Waals surface area (Å²) in [6.07, 6.45) is 0.977. The van der Waals surface area contributed by atoms with E-state index in [1.807, 2.05) is 48.5 Å². The molecular formula is C33H30N4O8S2. The van der Waals surface area contributed by atoms with Crippen LogP contribution in [0.25, 0.3) is 41.6 Å². The van der Waals surface area contributed by atoms with Gasteiger partial charge >= 0.3 is 0 Å². The van der Waals surface area contributed by atoms with E-state index >= 15 is 0 Å². The monoisotopic (exact) mass is 674 g/mol. The predicted octanol–water partition coefficient (Wildman–Crippen LogP) is 8.27. The smallest absolute Gasteiger partial charge is 0.273 e. The standard InChI is InChI=1S/C20H22N2O5S.C13H8N2O3S/c1-2-9-25-10-11-26-12-13-27-18-14-15(22(23)24)7-8-16(18)20-21-17-5-3-4-6-19(17)28-20;16-11-7-8(15(17)18)5-6-9(11)13-14-10-3-1-2-4-12(10)19-13/h3-8,14H,2,9-13H2,1H3;1-7,16H. The van der Waals surface area contributed by atoms with E-state index in [2.05, 4.69) is 16.9 Å². The number of nitro groups is 2. The molecule has 0 atom stereocenters. The van der Waals surface area contributed by atoms with Gasteiger partial charge < -0.3 is 19.3 Å². The number of aromatic hydroxyl groups is 1. The summed E-state index contributed by atoms with van der Waals surface area (Å²) in [4.78, 5) is 29.8. The maximum Gasteiger partial charge on any atom is 0.273 e. The van der Waals surface area contributed by atoms with Crippen molar-refractivity contribution in [1.82, 2.24) is 9.97 Å². The summed E-state index contributed by atoms with van der Waals surface area (Å²) in [5.74, 6) is 0.298. The van der Waals surface area contributed by atoms with Crippen molar-refractivity contribution in [3.63, 3.8) is 0 Å². The summed E-state index contributed by atoms with van der Waals surface area (Å²) in [5.41, 5.74) is 2.82. The fourth-order valence-corrected chi connectivity index (χ4v) is 6.38. The summed E-state index contributed by atoms with van der Waals surface area (Å²) in [6, 6.07) is 24.1. The largest absolute Gasteiger partial charge is 0.507 e. The number of rotatable bonds is 13. The van der Waals surface area contributed by atoms with E-state index in [0.29, 0.717) is 36.1 Å². The molecule has 6 rings (SSSR count). The molecule has 47 heavy (non-hydrogen) atoms. The van der Waals surface area contributed by atoms with Crippen molar-refractivity contribution >= 4 is 54.5 Å². The molecule has 242 valence electrons. The van der Waals surface area contributed by atoms with E-state index in [0.717, 1.165) is 50.1 Å². The highest BCUT2D eigenvalue weighted by atomic mass is 32.1. The molecule has 2 aromatic heterocycles. The van der Waals surface area contributed by atoms with Crippen molar-refractivity contribution in [3.8, 4) is 32.6 Å². The first-order valence-electron chi connectivity index (χ1n) is 14.6. The summed E-state index contributed by atoms with van der Waals surface area (Å²) in [6.45, 7) is 4.46. The fourth-order valence-electron chi connectivity index (χ4n) is 4.39. The Balaban J connectivity index is 0.000000198. The average Bonchev–Trinajstić information content (AvgIpc) is 3.70. The predicted molar refractivity (Wildman–Crippen MR) is 183 cm³/mol. The van der Waals surface area contributed by atoms with Gasteiger partial charge in [0.25, 0.3) is 11.4 Å². The second-order valence-electron chi connectivity index (χ2n) is 9.94. The van der Waals surface area contributed by atoms with Crippen LogP contribution < -0.4 is 4.74 Å². The molecule has 14 heteroatoms. The number of aromatic nitrogens is 2. The molecule has 0 spiro atoms. The van der Waals surface area contributed by atoms with E-state index in [9.17, 15) is 25.3 Å². The van der Waals surface area contributed by atoms with Gasteiger partial charge in [0.15, 0.2) is 0 Å². The minimum absolute atomic E-state index is 0.0197. The summed E-state index contributed by atoms with van der Waals surface area (Å²) in [5, 5.41) is 33.1. The topological polar surface area (TPSA) is 160 Å². The van der Waals surface area contributed by atoms with E-state index in [4.69, 9.17) is 14.2 Å². The number of para-hydroxylation sites is 2. The maximum atomic E-state index is 11.1. The zero-order chi connectivity index (χ0) is 33.2. The lowest BCUT2D eigenvalue weighted by molar-refractivity contribution is -0.385. The Labute approximate surface area is 277 Å². The van der Waals surface area contributed by atoms with Crippen molar-refractivity contribution in [2.45, 2.75) is 13.3 Å². The van der Waals surface area contributed by atoms with Crippen molar-refractivity contribution in [2.24, 2.45) is 0 Å². The highest BCUT2D eigenvalue weighted by Crippen LogP contribution is 2.38. The second kappa shape index (κ2) is 16.0. The quantitative estimate of drug-likeness (QED) is 0.0717. The van der Waals surface area contributed by atoms with Gasteiger partial charge in [0.2, 0.25) is 0 Å². The zero-order valence-electron chi connectivity index (χ0n) is 25.2. The van der Waals surface area contributed by atoms with E-state index in [1.165, 1.54) is 46.9 Å². The SMILES string of the molecule is CCCOCCOCCOc1cc([N+](=O)[O-])ccc1-c1nc2ccccc2s1.O=[N+]([O-])c1ccc(-c2nc3ccccc3s2)c(O)c1. The molecule has 0 bridgehead atoms. The minimum Gasteiger partial charge on any atom is -0.507 e. The molecule has 0 radical (unpaired) electrons. The molecule has 0 aliphatic carbocycles. The molecule has 0 saturated carbocycles. The third-order valence-corrected chi connectivity index (χ3v) is 8.76. The number of benzene rings is 4. The Morgan fingerprint density at radius 1 is 0.681 bits per heavy atom. The number of hydrogen-bond acceptors (Lipinski definition) is 12. The van der Waals surface area contributed by atoms with Crippen molar-refractivity contribution in [2.75, 3.05) is 33.0 Å². The van der Waals surface area contributed by atoms with Crippen LogP contribution in [0, 0.1) is 20.2 Å². The highest BCUT2D eigenvalue weighted by Gasteiger charge is 2.17. The van der Waals surface area contributed by atoms with Crippen LogP contribution in [-0.4, -0.2) is 58.0 Å². The maximum absolute atomic E-state index is 11.1. The Bertz CT molecular complexity index is 1930. The Kier molecular flexibility index (Phi) is 11.4. The molecule has 2 heterocycles. The average molecular weight is 675 g/mol. The number of nitrogens with zero attached hydrogens (tertiary/aromatic N) is 4. The first-order valence-corrected chi connectivity index (χ1v) is 16.2. The first kappa shape index (κ1) is 33.3. The number of phenolic OH excluding ortho intramolecular Hbond substituents is 1. The van der Waals surface area contributed by atoms with E-state index in [-0.39, 0.29) is 23.7 Å². The lowest BCUT2D eigenvalue weighted by Gasteiger charge is -2.10. The second-order valence-corrected chi connectivity index (χ2v) is 12.0.